The highest BCUT2D eigenvalue weighted by Gasteiger charge is 2.18. The molecule has 1 heterocycles. The first kappa shape index (κ1) is 14.4. The minimum atomic E-state index is -1.06. The van der Waals surface area contributed by atoms with Gasteiger partial charge in [0.15, 0.2) is 0 Å². The Balaban J connectivity index is 2.47. The van der Waals surface area contributed by atoms with E-state index in [-0.39, 0.29) is 17.9 Å². The Labute approximate surface area is 119 Å². The number of carboxylic acid groups (broad SMARTS) is 1. The fraction of sp³-hybridized carbons (Fsp3) is 0.154. The van der Waals surface area contributed by atoms with E-state index in [4.69, 9.17) is 5.11 Å². The first-order chi connectivity index (χ1) is 10.0. The molecule has 108 valence electrons. The Morgan fingerprint density at radius 2 is 2.29 bits per heavy atom. The molecular formula is C13H12N4O4. The van der Waals surface area contributed by atoms with E-state index in [1.807, 2.05) is 0 Å². The molecule has 0 saturated carbocycles. The molecule has 0 aliphatic rings. The van der Waals surface area contributed by atoms with E-state index in [1.54, 1.807) is 0 Å². The van der Waals surface area contributed by atoms with Crippen LogP contribution in [0.15, 0.2) is 37.2 Å². The third kappa shape index (κ3) is 3.11. The molecule has 1 unspecified atom stereocenters. The van der Waals surface area contributed by atoms with Gasteiger partial charge in [-0.2, -0.15) is 0 Å². The first-order valence-electron chi connectivity index (χ1n) is 6.02. The summed E-state index contributed by atoms with van der Waals surface area (Å²) in [6.07, 6.45) is 2.93. The zero-order chi connectivity index (χ0) is 15.4. The van der Waals surface area contributed by atoms with Crippen LogP contribution in [-0.2, 0) is 4.79 Å². The van der Waals surface area contributed by atoms with Gasteiger partial charge < -0.3 is 10.4 Å². The molecule has 2 aromatic rings. The Kier molecular flexibility index (Phi) is 4.07. The summed E-state index contributed by atoms with van der Waals surface area (Å²) in [4.78, 5) is 29.4. The van der Waals surface area contributed by atoms with Crippen molar-refractivity contribution in [3.63, 3.8) is 0 Å². The van der Waals surface area contributed by atoms with Gasteiger partial charge in [-0.1, -0.05) is 6.08 Å². The number of nitrogens with one attached hydrogen (secondary N) is 1. The van der Waals surface area contributed by atoms with Gasteiger partial charge in [0.25, 0.3) is 5.69 Å². The van der Waals surface area contributed by atoms with Crippen LogP contribution in [0.2, 0.25) is 0 Å². The van der Waals surface area contributed by atoms with Crippen LogP contribution < -0.4 is 5.32 Å². The lowest BCUT2D eigenvalue weighted by Gasteiger charge is -2.14. The molecule has 0 radical (unpaired) electrons. The predicted octanol–water partition coefficient (Wildman–Crippen LogP) is 1.98. The van der Waals surface area contributed by atoms with Crippen LogP contribution in [0.3, 0.4) is 0 Å². The van der Waals surface area contributed by atoms with Crippen LogP contribution in [0.4, 0.5) is 11.5 Å². The maximum atomic E-state index is 11.1. The van der Waals surface area contributed by atoms with Crippen molar-refractivity contribution < 1.29 is 14.8 Å². The third-order valence-corrected chi connectivity index (χ3v) is 2.84. The minimum Gasteiger partial charge on any atom is -0.480 e. The average molecular weight is 288 g/mol. The number of carboxylic acids is 1. The van der Waals surface area contributed by atoms with Gasteiger partial charge in [-0.25, -0.2) is 14.8 Å². The summed E-state index contributed by atoms with van der Waals surface area (Å²) in [5, 5.41) is 23.1. The molecule has 0 saturated heterocycles. The van der Waals surface area contributed by atoms with Crippen LogP contribution in [0.5, 0.6) is 0 Å². The lowest BCUT2D eigenvalue weighted by Crippen LogP contribution is -2.29. The molecule has 0 bridgehead atoms. The topological polar surface area (TPSA) is 118 Å². The van der Waals surface area contributed by atoms with Crippen molar-refractivity contribution in [1.82, 2.24) is 9.97 Å². The van der Waals surface area contributed by atoms with Gasteiger partial charge in [0.2, 0.25) is 0 Å². The summed E-state index contributed by atoms with van der Waals surface area (Å²) in [5.41, 5.74) is 0.372. The molecule has 21 heavy (non-hydrogen) atoms. The Bertz CT molecular complexity index is 716. The molecule has 1 aromatic heterocycles. The van der Waals surface area contributed by atoms with Crippen LogP contribution in [0.1, 0.15) is 6.42 Å². The molecular weight excluding hydrogens is 276 g/mol. The Hall–Kier alpha value is -3.03. The number of carbonyl (C=O) groups is 1. The van der Waals surface area contributed by atoms with Crippen molar-refractivity contribution in [2.45, 2.75) is 12.5 Å². The maximum absolute atomic E-state index is 11.1. The van der Waals surface area contributed by atoms with E-state index in [0.717, 1.165) is 0 Å². The quantitative estimate of drug-likeness (QED) is 0.474. The van der Waals surface area contributed by atoms with E-state index in [1.165, 1.54) is 30.6 Å². The smallest absolute Gasteiger partial charge is 0.326 e. The van der Waals surface area contributed by atoms with Crippen LogP contribution >= 0.6 is 0 Å². The highest BCUT2D eigenvalue weighted by atomic mass is 16.6. The second-order valence-corrected chi connectivity index (χ2v) is 4.24. The second-order valence-electron chi connectivity index (χ2n) is 4.24. The largest absolute Gasteiger partial charge is 0.480 e. The highest BCUT2D eigenvalue weighted by molar-refractivity contribution is 5.92. The molecule has 1 aromatic carbocycles. The van der Waals surface area contributed by atoms with Crippen molar-refractivity contribution in [2.24, 2.45) is 0 Å². The number of non-ortho nitro benzene ring substituents is 1. The molecule has 0 amide bonds. The average Bonchev–Trinajstić information content (AvgIpc) is 2.46. The Morgan fingerprint density at radius 3 is 2.90 bits per heavy atom. The number of anilines is 1. The van der Waals surface area contributed by atoms with Crippen molar-refractivity contribution in [2.75, 3.05) is 5.32 Å². The van der Waals surface area contributed by atoms with E-state index in [2.05, 4.69) is 21.9 Å². The number of aliphatic carboxylic acids is 1. The molecule has 0 spiro atoms. The van der Waals surface area contributed by atoms with Crippen molar-refractivity contribution in [1.29, 1.82) is 0 Å². The fourth-order valence-electron chi connectivity index (χ4n) is 1.83. The molecule has 0 fully saturated rings. The SMILES string of the molecule is C=CCC(Nc1ncnc2ccc([N+](=O)[O-])cc12)C(=O)O. The molecule has 8 heteroatoms. The zero-order valence-corrected chi connectivity index (χ0v) is 10.9. The standard InChI is InChI=1S/C13H12N4O4/c1-2-3-11(13(18)19)16-12-9-6-8(17(20)21)4-5-10(9)14-7-15-12/h2,4-7,11H,1,3H2,(H,18,19)(H,14,15,16). The number of nitro benzene ring substituents is 1. The lowest BCUT2D eigenvalue weighted by molar-refractivity contribution is -0.384. The fourth-order valence-corrected chi connectivity index (χ4v) is 1.83. The van der Waals surface area contributed by atoms with E-state index < -0.39 is 16.9 Å². The molecule has 2 rings (SSSR count). The summed E-state index contributed by atoms with van der Waals surface area (Å²) < 4.78 is 0. The third-order valence-electron chi connectivity index (χ3n) is 2.84. The van der Waals surface area contributed by atoms with Gasteiger partial charge in [0, 0.05) is 17.5 Å². The van der Waals surface area contributed by atoms with Gasteiger partial charge >= 0.3 is 5.97 Å². The number of aromatic nitrogens is 2. The van der Waals surface area contributed by atoms with Crippen molar-refractivity contribution >= 4 is 28.4 Å². The Morgan fingerprint density at radius 1 is 1.52 bits per heavy atom. The number of rotatable bonds is 6. The molecule has 8 nitrogen and oxygen atoms in total. The van der Waals surface area contributed by atoms with Crippen molar-refractivity contribution in [3.05, 3.63) is 47.3 Å². The number of hydrogen-bond donors (Lipinski definition) is 2. The van der Waals surface area contributed by atoms with Crippen LogP contribution in [0.25, 0.3) is 10.9 Å². The van der Waals surface area contributed by atoms with Crippen LogP contribution in [0, 0.1) is 10.1 Å². The van der Waals surface area contributed by atoms with E-state index >= 15 is 0 Å². The van der Waals surface area contributed by atoms with Gasteiger partial charge in [0.05, 0.1) is 10.4 Å². The summed E-state index contributed by atoms with van der Waals surface area (Å²) in [6.45, 7) is 3.50. The monoisotopic (exact) mass is 288 g/mol. The van der Waals surface area contributed by atoms with Crippen LogP contribution in [-0.4, -0.2) is 32.0 Å². The molecule has 2 N–H and O–H groups in total. The normalized spacial score (nSPS) is 11.8. The maximum Gasteiger partial charge on any atom is 0.326 e. The summed E-state index contributed by atoms with van der Waals surface area (Å²) >= 11 is 0. The minimum absolute atomic E-state index is 0.115. The number of benzene rings is 1. The predicted molar refractivity (Wildman–Crippen MR) is 76.1 cm³/mol. The number of nitro groups is 1. The molecule has 1 atom stereocenters. The molecule has 0 aliphatic heterocycles. The van der Waals surface area contributed by atoms with E-state index in [9.17, 15) is 14.9 Å². The zero-order valence-electron chi connectivity index (χ0n) is 10.9. The lowest BCUT2D eigenvalue weighted by atomic mass is 10.1. The number of nitrogens with zero attached hydrogens (tertiary/aromatic N) is 3. The van der Waals surface area contributed by atoms with Gasteiger partial charge in [0.1, 0.15) is 18.2 Å². The van der Waals surface area contributed by atoms with Gasteiger partial charge in [-0.3, -0.25) is 10.1 Å². The van der Waals surface area contributed by atoms with E-state index in [0.29, 0.717) is 10.9 Å². The van der Waals surface area contributed by atoms with Gasteiger partial charge in [-0.15, -0.1) is 6.58 Å². The highest BCUT2D eigenvalue weighted by Crippen LogP contribution is 2.25. The second kappa shape index (κ2) is 5.95. The summed E-state index contributed by atoms with van der Waals surface area (Å²) in [6, 6.07) is 3.21. The first-order valence-corrected chi connectivity index (χ1v) is 6.02. The van der Waals surface area contributed by atoms with Gasteiger partial charge in [-0.05, 0) is 12.5 Å². The summed E-state index contributed by atoms with van der Waals surface area (Å²) in [5.74, 6) is -0.829. The van der Waals surface area contributed by atoms with Crippen molar-refractivity contribution in [3.8, 4) is 0 Å². The number of fused-ring (bicyclic) bond motifs is 1. The molecule has 0 aliphatic carbocycles. The summed E-state index contributed by atoms with van der Waals surface area (Å²) in [7, 11) is 0. The number of hydrogen-bond acceptors (Lipinski definition) is 6.